The number of hydrogen-bond acceptors (Lipinski definition) is 4. The van der Waals surface area contributed by atoms with Crippen molar-refractivity contribution in [3.05, 3.63) is 60.2 Å². The molecule has 2 aliphatic heterocycles. The minimum absolute atomic E-state index is 0.263. The molecule has 4 amide bonds. The molecule has 2 heterocycles. The lowest BCUT2D eigenvalue weighted by Crippen LogP contribution is -2.20. The van der Waals surface area contributed by atoms with Crippen molar-refractivity contribution in [2.45, 2.75) is 12.8 Å². The average molecular weight is 794 g/mol. The van der Waals surface area contributed by atoms with Crippen LogP contribution < -0.4 is 10.6 Å². The second-order valence-electron chi connectivity index (χ2n) is 6.41. The van der Waals surface area contributed by atoms with Crippen molar-refractivity contribution in [2.24, 2.45) is 0 Å². The predicted molar refractivity (Wildman–Crippen MR) is 130 cm³/mol. The SMILES string of the molecule is O=C1NC(=O)c2c(CCc3c(Br)c(Br)c(Br)c4c3C(=O)NC4=O)c(Br)c(Br)c(Br)c21. The number of amides is 4. The Balaban J connectivity index is 1.86. The van der Waals surface area contributed by atoms with Crippen molar-refractivity contribution in [2.75, 3.05) is 0 Å². The number of rotatable bonds is 3. The second kappa shape index (κ2) is 8.18. The van der Waals surface area contributed by atoms with Gasteiger partial charge in [0.2, 0.25) is 0 Å². The molecule has 2 aromatic carbocycles. The van der Waals surface area contributed by atoms with E-state index in [-0.39, 0.29) is 22.3 Å². The summed E-state index contributed by atoms with van der Waals surface area (Å²) in [6.45, 7) is 0. The molecule has 6 nitrogen and oxygen atoms in total. The van der Waals surface area contributed by atoms with E-state index in [1.165, 1.54) is 0 Å². The van der Waals surface area contributed by atoms with Gasteiger partial charge in [-0.3, -0.25) is 29.8 Å². The first-order chi connectivity index (χ1) is 14.1. The molecule has 154 valence electrons. The topological polar surface area (TPSA) is 92.3 Å². The van der Waals surface area contributed by atoms with Crippen LogP contribution in [0.2, 0.25) is 0 Å². The minimum Gasteiger partial charge on any atom is -0.288 e. The third-order valence-corrected chi connectivity index (χ3v) is 11.9. The Labute approximate surface area is 220 Å². The predicted octanol–water partition coefficient (Wildman–Crippen LogP) is 5.81. The lowest BCUT2D eigenvalue weighted by molar-refractivity contribution is 0.0862. The maximum atomic E-state index is 12.5. The number of fused-ring (bicyclic) bond motifs is 2. The fraction of sp³-hybridized carbons (Fsp3) is 0.111. The minimum atomic E-state index is -0.479. The van der Waals surface area contributed by atoms with Crippen LogP contribution in [-0.4, -0.2) is 23.6 Å². The van der Waals surface area contributed by atoms with Crippen LogP contribution in [0.4, 0.5) is 0 Å². The molecule has 2 aliphatic rings. The van der Waals surface area contributed by atoms with E-state index in [1.54, 1.807) is 0 Å². The summed E-state index contributed by atoms with van der Waals surface area (Å²) in [5, 5.41) is 4.63. The van der Waals surface area contributed by atoms with Crippen molar-refractivity contribution in [3.63, 3.8) is 0 Å². The van der Waals surface area contributed by atoms with E-state index in [2.05, 4.69) is 106 Å². The molecule has 0 aliphatic carbocycles. The first kappa shape index (κ1) is 22.8. The first-order valence-corrected chi connectivity index (χ1v) is 12.9. The van der Waals surface area contributed by atoms with Crippen molar-refractivity contribution in [1.29, 1.82) is 0 Å². The van der Waals surface area contributed by atoms with Gasteiger partial charge in [0.25, 0.3) is 23.6 Å². The van der Waals surface area contributed by atoms with Gasteiger partial charge >= 0.3 is 0 Å². The smallest absolute Gasteiger partial charge is 0.260 e. The van der Waals surface area contributed by atoms with Crippen LogP contribution in [-0.2, 0) is 12.8 Å². The summed E-state index contributed by atoms with van der Waals surface area (Å²) in [4.78, 5) is 49.4. The zero-order valence-electron chi connectivity index (χ0n) is 14.3. The number of hydrogen-bond donors (Lipinski definition) is 2. The number of carbonyl (C=O) groups excluding carboxylic acids is 4. The molecule has 0 fully saturated rings. The van der Waals surface area contributed by atoms with E-state index in [4.69, 9.17) is 0 Å². The largest absolute Gasteiger partial charge is 0.288 e. The number of nitrogens with one attached hydrogen (secondary N) is 2. The maximum Gasteiger partial charge on any atom is 0.260 e. The molecule has 0 saturated heterocycles. The van der Waals surface area contributed by atoms with Crippen molar-refractivity contribution >= 4 is 119 Å². The lowest BCUT2D eigenvalue weighted by atomic mass is 9.93. The van der Waals surface area contributed by atoms with Crippen molar-refractivity contribution in [3.8, 4) is 0 Å². The van der Waals surface area contributed by atoms with Gasteiger partial charge in [-0.05, 0) is 120 Å². The van der Waals surface area contributed by atoms with Crippen LogP contribution in [0.3, 0.4) is 0 Å². The molecule has 2 N–H and O–H groups in total. The van der Waals surface area contributed by atoms with Crippen molar-refractivity contribution < 1.29 is 19.2 Å². The highest BCUT2D eigenvalue weighted by Crippen LogP contribution is 2.44. The summed E-state index contributed by atoms with van der Waals surface area (Å²) in [5.41, 5.74) is 2.33. The number of carbonyl (C=O) groups is 4. The molecule has 4 rings (SSSR count). The summed E-state index contributed by atoms with van der Waals surface area (Å²) >= 11 is 20.6. The summed E-state index contributed by atoms with van der Waals surface area (Å²) < 4.78 is 3.43. The van der Waals surface area contributed by atoms with E-state index in [0.717, 1.165) is 0 Å². The molecule has 12 heteroatoms. The van der Waals surface area contributed by atoms with Gasteiger partial charge in [0.15, 0.2) is 0 Å². The first-order valence-electron chi connectivity index (χ1n) is 8.16. The van der Waals surface area contributed by atoms with Crippen LogP contribution in [0, 0.1) is 0 Å². The highest BCUT2D eigenvalue weighted by atomic mass is 79.9. The van der Waals surface area contributed by atoms with Gasteiger partial charge in [0.05, 0.1) is 22.3 Å². The molecular formula is C18H6Br6N2O4. The van der Waals surface area contributed by atoms with Crippen molar-refractivity contribution in [1.82, 2.24) is 10.6 Å². The van der Waals surface area contributed by atoms with Gasteiger partial charge in [-0.25, -0.2) is 0 Å². The Hall–Kier alpha value is -0.400. The number of imide groups is 2. The van der Waals surface area contributed by atoms with E-state index >= 15 is 0 Å². The van der Waals surface area contributed by atoms with Crippen LogP contribution in [0.25, 0.3) is 0 Å². The zero-order chi connectivity index (χ0) is 22.1. The Morgan fingerprint density at radius 3 is 1.07 bits per heavy atom. The monoisotopic (exact) mass is 788 g/mol. The summed E-state index contributed by atoms with van der Waals surface area (Å²) in [5.74, 6) is -1.91. The molecule has 0 aromatic heterocycles. The lowest BCUT2D eigenvalue weighted by Gasteiger charge is -2.16. The highest BCUT2D eigenvalue weighted by molar-refractivity contribution is 9.15. The third kappa shape index (κ3) is 3.33. The molecule has 0 radical (unpaired) electrons. The number of halogens is 6. The molecule has 0 bridgehead atoms. The van der Waals surface area contributed by atoms with Gasteiger partial charge in [0, 0.05) is 26.8 Å². The molecular weight excluding hydrogens is 788 g/mol. The maximum absolute atomic E-state index is 12.5. The summed E-state index contributed by atoms with van der Waals surface area (Å²) in [6.07, 6.45) is 0.659. The van der Waals surface area contributed by atoms with Gasteiger partial charge in [-0.2, -0.15) is 0 Å². The number of benzene rings is 2. The van der Waals surface area contributed by atoms with E-state index in [0.29, 0.717) is 50.8 Å². The summed E-state index contributed by atoms with van der Waals surface area (Å²) in [7, 11) is 0. The zero-order valence-corrected chi connectivity index (χ0v) is 23.8. The molecule has 0 atom stereocenters. The summed E-state index contributed by atoms with van der Waals surface area (Å²) in [6, 6.07) is 0. The van der Waals surface area contributed by atoms with Crippen LogP contribution in [0.5, 0.6) is 0 Å². The fourth-order valence-corrected chi connectivity index (χ4v) is 7.27. The van der Waals surface area contributed by atoms with Crippen LogP contribution in [0.15, 0.2) is 26.8 Å². The van der Waals surface area contributed by atoms with Crippen LogP contribution in [0.1, 0.15) is 52.6 Å². The van der Waals surface area contributed by atoms with Crippen LogP contribution >= 0.6 is 95.6 Å². The van der Waals surface area contributed by atoms with E-state index < -0.39 is 23.6 Å². The standard InChI is InChI=1S/C18H6Br6N2O4/c19-9-3(5-7(11(21)13(9)23)17(29)25-15(5)27)1-2-4-6-8(18(30)26-16(6)28)12(22)14(24)10(4)20/h1-2H2,(H,25,27,29)(H,26,28,30). The molecule has 0 spiro atoms. The third-order valence-electron chi connectivity index (χ3n) is 4.83. The van der Waals surface area contributed by atoms with E-state index in [1.807, 2.05) is 0 Å². The second-order valence-corrected chi connectivity index (χ2v) is 11.2. The van der Waals surface area contributed by atoms with Gasteiger partial charge in [0.1, 0.15) is 0 Å². The quantitative estimate of drug-likeness (QED) is 0.303. The molecule has 0 unspecified atom stereocenters. The van der Waals surface area contributed by atoms with Gasteiger partial charge in [-0.15, -0.1) is 0 Å². The fourth-order valence-electron chi connectivity index (χ4n) is 3.52. The normalized spacial score (nSPS) is 14.7. The Kier molecular flexibility index (Phi) is 6.21. The molecule has 0 saturated carbocycles. The molecule has 2 aromatic rings. The van der Waals surface area contributed by atoms with Gasteiger partial charge in [-0.1, -0.05) is 0 Å². The molecule has 30 heavy (non-hydrogen) atoms. The average Bonchev–Trinajstić information content (AvgIpc) is 3.15. The Bertz CT molecular complexity index is 1150. The Morgan fingerprint density at radius 2 is 0.733 bits per heavy atom. The Morgan fingerprint density at radius 1 is 0.433 bits per heavy atom. The van der Waals surface area contributed by atoms with Gasteiger partial charge < -0.3 is 0 Å². The highest BCUT2D eigenvalue weighted by Gasteiger charge is 2.37. The van der Waals surface area contributed by atoms with E-state index in [9.17, 15) is 19.2 Å².